The Balaban J connectivity index is 3.51. The van der Waals surface area contributed by atoms with E-state index in [0.717, 1.165) is 13.0 Å². The summed E-state index contributed by atoms with van der Waals surface area (Å²) in [6.45, 7) is 8.15. The Morgan fingerprint density at radius 1 is 1.27 bits per heavy atom. The van der Waals surface area contributed by atoms with Crippen LogP contribution < -0.4 is 10.6 Å². The summed E-state index contributed by atoms with van der Waals surface area (Å²) < 4.78 is 5.41. The third kappa shape index (κ3) is 8.39. The number of carbonyl (C=O) groups is 1. The van der Waals surface area contributed by atoms with Crippen LogP contribution in [-0.4, -0.2) is 38.8 Å². The maximum Gasteiger partial charge on any atom is 0.248 e. The van der Waals surface area contributed by atoms with Crippen molar-refractivity contribution < 1.29 is 9.53 Å². The average molecular weight is 216 g/mol. The van der Waals surface area contributed by atoms with Gasteiger partial charge in [0.25, 0.3) is 0 Å². The van der Waals surface area contributed by atoms with Gasteiger partial charge in [-0.3, -0.25) is 4.79 Å². The summed E-state index contributed by atoms with van der Waals surface area (Å²) in [5.41, 5.74) is 0. The van der Waals surface area contributed by atoms with Crippen molar-refractivity contribution in [2.24, 2.45) is 5.92 Å². The second-order valence-corrected chi connectivity index (χ2v) is 4.09. The first kappa shape index (κ1) is 14.4. The summed E-state index contributed by atoms with van der Waals surface area (Å²) in [7, 11) is 1.86. The zero-order valence-electron chi connectivity index (χ0n) is 10.3. The lowest BCUT2D eigenvalue weighted by molar-refractivity contribution is -0.131. The minimum Gasteiger partial charge on any atom is -0.369 e. The maximum absolute atomic E-state index is 11.4. The largest absolute Gasteiger partial charge is 0.369 e. The lowest BCUT2D eigenvalue weighted by atomic mass is 10.1. The van der Waals surface area contributed by atoms with Gasteiger partial charge in [0.2, 0.25) is 5.91 Å². The van der Waals surface area contributed by atoms with Gasteiger partial charge in [-0.15, -0.1) is 0 Å². The van der Waals surface area contributed by atoms with Crippen LogP contribution in [0.15, 0.2) is 0 Å². The number of rotatable bonds is 8. The quantitative estimate of drug-likeness (QED) is 0.589. The van der Waals surface area contributed by atoms with E-state index >= 15 is 0 Å². The molecule has 0 aliphatic heterocycles. The fraction of sp³-hybridized carbons (Fsp3) is 0.909. The molecule has 15 heavy (non-hydrogen) atoms. The van der Waals surface area contributed by atoms with Gasteiger partial charge < -0.3 is 15.4 Å². The third-order valence-electron chi connectivity index (χ3n) is 2.11. The average Bonchev–Trinajstić information content (AvgIpc) is 2.17. The second-order valence-electron chi connectivity index (χ2n) is 4.09. The number of likely N-dealkylation sites (N-methyl/N-ethyl adjacent to an activating group) is 1. The summed E-state index contributed by atoms with van der Waals surface area (Å²) >= 11 is 0. The zero-order chi connectivity index (χ0) is 11.7. The molecule has 0 radical (unpaired) electrons. The van der Waals surface area contributed by atoms with Crippen molar-refractivity contribution >= 4 is 5.91 Å². The van der Waals surface area contributed by atoms with Gasteiger partial charge in [0.15, 0.2) is 0 Å². The molecule has 0 aromatic rings. The first-order chi connectivity index (χ1) is 7.07. The van der Waals surface area contributed by atoms with Gasteiger partial charge in [0, 0.05) is 19.7 Å². The lowest BCUT2D eigenvalue weighted by Gasteiger charge is -2.14. The number of hydrogen-bond acceptors (Lipinski definition) is 3. The lowest BCUT2D eigenvalue weighted by Crippen LogP contribution is -2.38. The highest BCUT2D eigenvalue weighted by atomic mass is 16.5. The van der Waals surface area contributed by atoms with Crippen molar-refractivity contribution in [1.29, 1.82) is 0 Å². The van der Waals surface area contributed by atoms with Crippen LogP contribution in [0.4, 0.5) is 0 Å². The number of carbonyl (C=O) groups excluding carboxylic acids is 1. The minimum absolute atomic E-state index is 0.0333. The molecule has 0 saturated heterocycles. The molecule has 0 aliphatic rings. The topological polar surface area (TPSA) is 50.4 Å². The van der Waals surface area contributed by atoms with E-state index in [1.807, 2.05) is 7.05 Å². The predicted molar refractivity (Wildman–Crippen MR) is 61.8 cm³/mol. The first-order valence-electron chi connectivity index (χ1n) is 5.61. The molecule has 4 heteroatoms. The van der Waals surface area contributed by atoms with E-state index in [1.54, 1.807) is 6.92 Å². The molecule has 1 unspecified atom stereocenters. The highest BCUT2D eigenvalue weighted by molar-refractivity contribution is 5.80. The van der Waals surface area contributed by atoms with E-state index in [4.69, 9.17) is 4.74 Å². The molecule has 1 atom stereocenters. The van der Waals surface area contributed by atoms with E-state index in [-0.39, 0.29) is 12.0 Å². The van der Waals surface area contributed by atoms with Crippen LogP contribution in [0.3, 0.4) is 0 Å². The Labute approximate surface area is 92.8 Å². The SMILES string of the molecule is CNCCNC(=O)C(C)OCCC(C)C. The number of ether oxygens (including phenoxy) is 1. The van der Waals surface area contributed by atoms with Crippen LogP contribution in [0.25, 0.3) is 0 Å². The predicted octanol–water partition coefficient (Wildman–Crippen LogP) is 0.773. The van der Waals surface area contributed by atoms with Crippen molar-refractivity contribution in [2.45, 2.75) is 33.3 Å². The molecule has 0 fully saturated rings. The van der Waals surface area contributed by atoms with Gasteiger partial charge in [-0.25, -0.2) is 0 Å². The van der Waals surface area contributed by atoms with Crippen molar-refractivity contribution in [1.82, 2.24) is 10.6 Å². The van der Waals surface area contributed by atoms with Gasteiger partial charge in [0.1, 0.15) is 6.10 Å². The molecule has 0 aromatic carbocycles. The molecular weight excluding hydrogens is 192 g/mol. The Morgan fingerprint density at radius 3 is 2.47 bits per heavy atom. The van der Waals surface area contributed by atoms with E-state index in [1.165, 1.54) is 0 Å². The molecule has 0 bridgehead atoms. The highest BCUT2D eigenvalue weighted by Gasteiger charge is 2.12. The van der Waals surface area contributed by atoms with E-state index < -0.39 is 0 Å². The number of amides is 1. The first-order valence-corrected chi connectivity index (χ1v) is 5.61. The van der Waals surface area contributed by atoms with Crippen LogP contribution in [-0.2, 0) is 9.53 Å². The van der Waals surface area contributed by atoms with Crippen molar-refractivity contribution in [3.8, 4) is 0 Å². The van der Waals surface area contributed by atoms with Crippen molar-refractivity contribution in [3.05, 3.63) is 0 Å². The normalized spacial score (nSPS) is 12.9. The summed E-state index contributed by atoms with van der Waals surface area (Å²) in [6, 6.07) is 0. The van der Waals surface area contributed by atoms with Crippen LogP contribution in [0, 0.1) is 5.92 Å². The Bertz CT molecular complexity index is 172. The number of hydrogen-bond donors (Lipinski definition) is 2. The highest BCUT2D eigenvalue weighted by Crippen LogP contribution is 2.01. The second kappa shape index (κ2) is 8.68. The van der Waals surface area contributed by atoms with Gasteiger partial charge >= 0.3 is 0 Å². The third-order valence-corrected chi connectivity index (χ3v) is 2.11. The molecule has 4 nitrogen and oxygen atoms in total. The van der Waals surface area contributed by atoms with Crippen molar-refractivity contribution in [3.63, 3.8) is 0 Å². The van der Waals surface area contributed by atoms with E-state index in [2.05, 4.69) is 24.5 Å². The fourth-order valence-corrected chi connectivity index (χ4v) is 1.01. The number of nitrogens with one attached hydrogen (secondary N) is 2. The summed E-state index contributed by atoms with van der Waals surface area (Å²) in [4.78, 5) is 11.4. The molecule has 90 valence electrons. The summed E-state index contributed by atoms with van der Waals surface area (Å²) in [5, 5.41) is 5.76. The van der Waals surface area contributed by atoms with Crippen LogP contribution in [0.5, 0.6) is 0 Å². The molecule has 0 aromatic heterocycles. The monoisotopic (exact) mass is 216 g/mol. The smallest absolute Gasteiger partial charge is 0.248 e. The van der Waals surface area contributed by atoms with Crippen LogP contribution in [0.1, 0.15) is 27.2 Å². The molecule has 0 heterocycles. The van der Waals surface area contributed by atoms with Gasteiger partial charge in [-0.05, 0) is 26.3 Å². The van der Waals surface area contributed by atoms with Gasteiger partial charge in [0.05, 0.1) is 0 Å². The maximum atomic E-state index is 11.4. The van der Waals surface area contributed by atoms with Crippen LogP contribution >= 0.6 is 0 Å². The standard InChI is InChI=1S/C11H24N2O2/c1-9(2)5-8-15-10(3)11(14)13-7-6-12-4/h9-10,12H,5-8H2,1-4H3,(H,13,14). The Morgan fingerprint density at radius 2 is 1.93 bits per heavy atom. The van der Waals surface area contributed by atoms with Crippen molar-refractivity contribution in [2.75, 3.05) is 26.7 Å². The Hall–Kier alpha value is -0.610. The molecule has 0 rings (SSSR count). The Kier molecular flexibility index (Phi) is 8.33. The van der Waals surface area contributed by atoms with Gasteiger partial charge in [-0.1, -0.05) is 13.8 Å². The molecule has 0 aliphatic carbocycles. The summed E-state index contributed by atoms with van der Waals surface area (Å²) in [6.07, 6.45) is 0.648. The van der Waals surface area contributed by atoms with E-state index in [9.17, 15) is 4.79 Å². The summed E-state index contributed by atoms with van der Waals surface area (Å²) in [5.74, 6) is 0.582. The molecular formula is C11H24N2O2. The molecule has 0 spiro atoms. The zero-order valence-corrected chi connectivity index (χ0v) is 10.3. The van der Waals surface area contributed by atoms with Gasteiger partial charge in [-0.2, -0.15) is 0 Å². The van der Waals surface area contributed by atoms with E-state index in [0.29, 0.717) is 19.1 Å². The fourth-order valence-electron chi connectivity index (χ4n) is 1.01. The van der Waals surface area contributed by atoms with Crippen LogP contribution in [0.2, 0.25) is 0 Å². The molecule has 2 N–H and O–H groups in total. The molecule has 1 amide bonds. The minimum atomic E-state index is -0.347. The molecule has 0 saturated carbocycles.